The Balaban J connectivity index is 1.81. The molecule has 13 heteroatoms. The minimum Gasteiger partial charge on any atom is -0.458 e. The van der Waals surface area contributed by atoms with Crippen LogP contribution in [0.1, 0.15) is 84.3 Å². The highest BCUT2D eigenvalue weighted by Gasteiger charge is 2.53. The van der Waals surface area contributed by atoms with Gasteiger partial charge in [0.2, 0.25) is 0 Å². The lowest BCUT2D eigenvalue weighted by Gasteiger charge is -2.34. The predicted octanol–water partition coefficient (Wildman–Crippen LogP) is 3.36. The molecule has 8 atom stereocenters. The van der Waals surface area contributed by atoms with E-state index in [-0.39, 0.29) is 42.7 Å². The van der Waals surface area contributed by atoms with E-state index in [0.29, 0.717) is 17.1 Å². The van der Waals surface area contributed by atoms with Gasteiger partial charge in [-0.15, -0.1) is 11.3 Å². The second-order valence-electron chi connectivity index (χ2n) is 12.4. The van der Waals surface area contributed by atoms with E-state index in [1.54, 1.807) is 32.2 Å². The zero-order valence-electron chi connectivity index (χ0n) is 24.8. The van der Waals surface area contributed by atoms with Crippen LogP contribution in [0.4, 0.5) is 0 Å². The first-order valence-corrected chi connectivity index (χ1v) is 16.9. The predicted molar refractivity (Wildman–Crippen MR) is 157 cm³/mol. The summed E-state index contributed by atoms with van der Waals surface area (Å²) in [4.78, 5) is 40.5. The van der Waals surface area contributed by atoms with Crippen LogP contribution in [0.2, 0.25) is 0 Å². The molecule has 0 amide bonds. The number of nitrogens with zero attached hydrogens (tertiary/aromatic N) is 1. The van der Waals surface area contributed by atoms with E-state index in [1.807, 2.05) is 20.8 Å². The van der Waals surface area contributed by atoms with Crippen molar-refractivity contribution in [3.63, 3.8) is 0 Å². The number of fused-ring (bicyclic) bond motifs is 1. The Morgan fingerprint density at radius 2 is 1.98 bits per heavy atom. The Morgan fingerprint density at radius 3 is 2.63 bits per heavy atom. The molecule has 0 radical (unpaired) electrons. The third-order valence-electron chi connectivity index (χ3n) is 8.58. The number of aromatic nitrogens is 1. The molecule has 232 valence electrons. The molecular weight excluding hydrogens is 569 g/mol. The molecule has 2 aliphatic heterocycles. The van der Waals surface area contributed by atoms with Crippen LogP contribution in [0, 0.1) is 17.3 Å². The molecule has 2 saturated heterocycles. The summed E-state index contributed by atoms with van der Waals surface area (Å²) in [5, 5.41) is 26.7. The smallest absolute Gasteiger partial charge is 0.309 e. The number of cyclic esters (lactones) is 1. The van der Waals surface area contributed by atoms with Crippen molar-refractivity contribution in [2.24, 2.45) is 23.0 Å². The zero-order valence-corrected chi connectivity index (χ0v) is 26.5. The standard InChI is InChI=1S/C28H46N3O8PS/c1-16-8-7-9-28(6)22(39-28)11-20(17(2)10-19-14-41-23(31-19)13-30-40(36,37)15-29)38-24(33)12-21(32)27(4,5)26(35)18(3)25(16)34/h10,14,16,18,20-22,25,32,34H,7-9,11-13,15,29H2,1-6H3,(H2,30,36,37)/b17-10+/t16-,18+,20?,21-,22-,25-,28+/m1/s1. The number of aliphatic hydroxyl groups is 2. The third kappa shape index (κ3) is 8.76. The Hall–Kier alpha value is -1.50. The number of esters is 1. The van der Waals surface area contributed by atoms with Gasteiger partial charge < -0.3 is 30.3 Å². The minimum absolute atomic E-state index is 0.0931. The fourth-order valence-corrected chi connectivity index (χ4v) is 6.67. The van der Waals surface area contributed by atoms with Gasteiger partial charge in [0.15, 0.2) is 0 Å². The number of carbonyl (C=O) groups excluding carboxylic acids is 2. The van der Waals surface area contributed by atoms with Crippen molar-refractivity contribution in [3.05, 3.63) is 21.7 Å². The van der Waals surface area contributed by atoms with Crippen molar-refractivity contribution in [3.8, 4) is 0 Å². The number of hydrogen-bond donors (Lipinski definition) is 5. The molecule has 3 heterocycles. The topological polar surface area (TPSA) is 185 Å². The number of Topliss-reactive ketones (excluding diaryl/α,β-unsaturated/α-hetero) is 1. The van der Waals surface area contributed by atoms with Gasteiger partial charge in [0.1, 0.15) is 16.9 Å². The third-order valence-corrected chi connectivity index (χ3v) is 10.6. The Kier molecular flexibility index (Phi) is 11.1. The van der Waals surface area contributed by atoms with Crippen molar-refractivity contribution in [1.82, 2.24) is 10.1 Å². The Labute approximate surface area is 246 Å². The van der Waals surface area contributed by atoms with Gasteiger partial charge in [-0.25, -0.2) is 10.1 Å². The first-order chi connectivity index (χ1) is 19.0. The number of nitrogens with one attached hydrogen (secondary N) is 1. The van der Waals surface area contributed by atoms with E-state index in [1.165, 1.54) is 11.3 Å². The maximum Gasteiger partial charge on any atom is 0.309 e. The van der Waals surface area contributed by atoms with E-state index < -0.39 is 43.1 Å². The zero-order chi connectivity index (χ0) is 30.8. The van der Waals surface area contributed by atoms with Crippen LogP contribution >= 0.6 is 18.9 Å². The van der Waals surface area contributed by atoms with Crippen molar-refractivity contribution in [2.75, 3.05) is 6.29 Å². The van der Waals surface area contributed by atoms with E-state index in [9.17, 15) is 29.3 Å². The number of ketones is 1. The highest BCUT2D eigenvalue weighted by molar-refractivity contribution is 7.55. The molecule has 1 aromatic rings. The number of carbonyl (C=O) groups is 2. The summed E-state index contributed by atoms with van der Waals surface area (Å²) in [6.45, 7) is 10.7. The summed E-state index contributed by atoms with van der Waals surface area (Å²) in [7, 11) is -3.60. The molecule has 0 aliphatic carbocycles. The lowest BCUT2D eigenvalue weighted by molar-refractivity contribution is -0.154. The number of epoxide rings is 1. The molecule has 2 fully saturated rings. The number of ether oxygens (including phenoxy) is 2. The Bertz CT molecular complexity index is 1170. The largest absolute Gasteiger partial charge is 0.458 e. The van der Waals surface area contributed by atoms with Gasteiger partial charge in [-0.3, -0.25) is 14.2 Å². The van der Waals surface area contributed by atoms with Crippen LogP contribution < -0.4 is 10.8 Å². The Morgan fingerprint density at radius 1 is 1.29 bits per heavy atom. The second kappa shape index (κ2) is 13.4. The monoisotopic (exact) mass is 615 g/mol. The van der Waals surface area contributed by atoms with Crippen LogP contribution in [0.15, 0.2) is 11.0 Å². The normalized spacial score (nSPS) is 35.3. The van der Waals surface area contributed by atoms with Crippen LogP contribution in [0.5, 0.6) is 0 Å². The summed E-state index contributed by atoms with van der Waals surface area (Å²) in [5.74, 6) is -1.76. The first kappa shape index (κ1) is 34.0. The fourth-order valence-electron chi connectivity index (χ4n) is 5.35. The minimum atomic E-state index is -3.60. The molecule has 1 aromatic heterocycles. The number of thiazole rings is 1. The van der Waals surface area contributed by atoms with E-state index in [0.717, 1.165) is 24.8 Å². The summed E-state index contributed by atoms with van der Waals surface area (Å²) in [6.07, 6.45) is 0.828. The quantitative estimate of drug-likeness (QED) is 0.180. The summed E-state index contributed by atoms with van der Waals surface area (Å²) in [5.41, 5.74) is 5.01. The first-order valence-electron chi connectivity index (χ1n) is 14.2. The van der Waals surface area contributed by atoms with E-state index >= 15 is 0 Å². The number of nitrogens with two attached hydrogens (primary N) is 1. The molecule has 41 heavy (non-hydrogen) atoms. The molecular formula is C28H46N3O8PS. The van der Waals surface area contributed by atoms with Gasteiger partial charge in [-0.05, 0) is 44.3 Å². The van der Waals surface area contributed by atoms with Crippen LogP contribution in [0.25, 0.3) is 6.08 Å². The maximum atomic E-state index is 13.3. The average Bonchev–Trinajstić information content (AvgIpc) is 3.31. The SMILES string of the molecule is C/C(=C\c1csc(CNP(=O)(O)CN)n1)C1C[C@H]2O[C@@]2(C)CCC[C@@H](C)[C@@H](O)[C@H](C)C(=O)C(C)(C)[C@H](O)CC(=O)O1. The van der Waals surface area contributed by atoms with Crippen molar-refractivity contribution in [1.29, 1.82) is 0 Å². The lowest BCUT2D eigenvalue weighted by Crippen LogP contribution is -2.45. The molecule has 0 spiro atoms. The molecule has 6 N–H and O–H groups in total. The van der Waals surface area contributed by atoms with Gasteiger partial charge in [-0.2, -0.15) is 0 Å². The molecule has 0 saturated carbocycles. The van der Waals surface area contributed by atoms with Gasteiger partial charge in [0.05, 0.1) is 54.3 Å². The van der Waals surface area contributed by atoms with Gasteiger partial charge in [0.25, 0.3) is 7.52 Å². The average molecular weight is 616 g/mol. The van der Waals surface area contributed by atoms with Crippen molar-refractivity contribution >= 4 is 36.7 Å². The molecule has 0 aromatic carbocycles. The fraction of sp³-hybridized carbons (Fsp3) is 0.750. The highest BCUT2D eigenvalue weighted by atomic mass is 32.1. The maximum absolute atomic E-state index is 13.3. The summed E-state index contributed by atoms with van der Waals surface area (Å²) >= 11 is 1.32. The summed E-state index contributed by atoms with van der Waals surface area (Å²) in [6, 6.07) is 0. The molecule has 2 aliphatic rings. The number of aliphatic hydroxyl groups excluding tert-OH is 2. The van der Waals surface area contributed by atoms with Crippen molar-refractivity contribution < 1.29 is 38.7 Å². The molecule has 2 unspecified atom stereocenters. The van der Waals surface area contributed by atoms with Gasteiger partial charge in [0, 0.05) is 17.7 Å². The van der Waals surface area contributed by atoms with Gasteiger partial charge >= 0.3 is 5.97 Å². The lowest BCUT2D eigenvalue weighted by atomic mass is 9.73. The van der Waals surface area contributed by atoms with Crippen LogP contribution in [0.3, 0.4) is 0 Å². The van der Waals surface area contributed by atoms with Crippen LogP contribution in [-0.2, 0) is 30.2 Å². The summed E-state index contributed by atoms with van der Waals surface area (Å²) < 4.78 is 23.7. The molecule has 3 rings (SSSR count). The number of hydrogen-bond acceptors (Lipinski definition) is 10. The van der Waals surface area contributed by atoms with Crippen LogP contribution in [-0.4, -0.2) is 68.1 Å². The van der Waals surface area contributed by atoms with E-state index in [4.69, 9.17) is 15.2 Å². The highest BCUT2D eigenvalue weighted by Crippen LogP contribution is 2.45. The molecule has 11 nitrogen and oxygen atoms in total. The van der Waals surface area contributed by atoms with E-state index in [2.05, 4.69) is 10.1 Å². The second-order valence-corrected chi connectivity index (χ2v) is 15.4. The number of rotatable bonds is 6. The van der Waals surface area contributed by atoms with Crippen molar-refractivity contribution in [2.45, 2.75) is 110 Å². The van der Waals surface area contributed by atoms with Gasteiger partial charge in [-0.1, -0.05) is 34.1 Å². The molecule has 0 bridgehead atoms.